The Kier molecular flexibility index (Phi) is 3.48. The van der Waals surface area contributed by atoms with Gasteiger partial charge >= 0.3 is 0 Å². The average molecular weight is 232 g/mol. The van der Waals surface area contributed by atoms with Gasteiger partial charge in [-0.15, -0.1) is 0 Å². The van der Waals surface area contributed by atoms with E-state index in [-0.39, 0.29) is 18.0 Å². The van der Waals surface area contributed by atoms with Crippen LogP contribution in [0.2, 0.25) is 0 Å². The largest absolute Gasteiger partial charge is 0.320 e. The molecule has 2 N–H and O–H groups in total. The number of hydrogen-bond acceptors (Lipinski definition) is 2. The number of hydrogen-bond donors (Lipinski definition) is 1. The van der Waals surface area contributed by atoms with Crippen LogP contribution in [0, 0.1) is 0 Å². The van der Waals surface area contributed by atoms with Crippen molar-refractivity contribution in [2.24, 2.45) is 5.73 Å². The van der Waals surface area contributed by atoms with Crippen molar-refractivity contribution in [3.8, 4) is 0 Å². The third-order valence-electron chi connectivity index (χ3n) is 3.36. The molecule has 0 spiro atoms. The molecule has 0 bridgehead atoms. The molecule has 1 aromatic rings. The predicted octanol–water partition coefficient (Wildman–Crippen LogP) is 2.09. The Morgan fingerprint density at radius 1 is 1.53 bits per heavy atom. The molecule has 92 valence electrons. The van der Waals surface area contributed by atoms with Crippen molar-refractivity contribution in [1.82, 2.24) is 0 Å². The fraction of sp³-hybridized carbons (Fsp3) is 0.500. The topological polar surface area (TPSA) is 46.3 Å². The number of carbonyl (C=O) groups excluding carboxylic acids is 1. The van der Waals surface area contributed by atoms with Gasteiger partial charge in [0.05, 0.1) is 6.04 Å². The van der Waals surface area contributed by atoms with Gasteiger partial charge < -0.3 is 10.6 Å². The highest BCUT2D eigenvalue weighted by Crippen LogP contribution is 2.32. The first-order valence-electron chi connectivity index (χ1n) is 6.31. The van der Waals surface area contributed by atoms with E-state index in [0.717, 1.165) is 24.9 Å². The van der Waals surface area contributed by atoms with Crippen molar-refractivity contribution in [1.29, 1.82) is 0 Å². The number of benzene rings is 1. The van der Waals surface area contributed by atoms with Crippen LogP contribution in [0.5, 0.6) is 0 Å². The van der Waals surface area contributed by atoms with E-state index in [1.807, 2.05) is 23.1 Å². The first kappa shape index (κ1) is 12.1. The zero-order chi connectivity index (χ0) is 12.4. The van der Waals surface area contributed by atoms with Gasteiger partial charge in [-0.05, 0) is 31.4 Å². The molecule has 0 aromatic heterocycles. The molecule has 1 heterocycles. The maximum atomic E-state index is 12.3. The summed E-state index contributed by atoms with van der Waals surface area (Å²) in [6.07, 6.45) is 2.63. The molecular formula is C14H20N2O. The van der Waals surface area contributed by atoms with Crippen LogP contribution in [0.4, 0.5) is 5.69 Å². The second kappa shape index (κ2) is 4.88. The van der Waals surface area contributed by atoms with Gasteiger partial charge in [-0.25, -0.2) is 0 Å². The molecule has 2 atom stereocenters. The van der Waals surface area contributed by atoms with E-state index in [1.54, 1.807) is 0 Å². The molecule has 1 aromatic carbocycles. The number of rotatable bonds is 3. The zero-order valence-electron chi connectivity index (χ0n) is 10.5. The first-order valence-corrected chi connectivity index (χ1v) is 6.31. The van der Waals surface area contributed by atoms with E-state index in [0.29, 0.717) is 0 Å². The minimum absolute atomic E-state index is 0.0595. The summed E-state index contributed by atoms with van der Waals surface area (Å²) in [7, 11) is 0. The van der Waals surface area contributed by atoms with E-state index in [9.17, 15) is 4.79 Å². The third kappa shape index (κ3) is 2.20. The Hall–Kier alpha value is -1.35. The first-order chi connectivity index (χ1) is 8.15. The molecule has 0 saturated carbocycles. The highest BCUT2D eigenvalue weighted by molar-refractivity contribution is 5.99. The number of nitrogens with zero attached hydrogens (tertiary/aromatic N) is 1. The summed E-state index contributed by atoms with van der Waals surface area (Å²) in [4.78, 5) is 14.2. The van der Waals surface area contributed by atoms with Crippen LogP contribution in [0.3, 0.4) is 0 Å². The zero-order valence-corrected chi connectivity index (χ0v) is 10.5. The summed E-state index contributed by atoms with van der Waals surface area (Å²) in [5, 5.41) is 0. The second-order valence-electron chi connectivity index (χ2n) is 4.79. The standard InChI is InChI=1S/C14H20N2O/c1-3-6-12(15)14(17)16-10(2)9-11-7-4-5-8-13(11)16/h4-5,7-8,10,12H,3,6,9,15H2,1-2H3/t10?,12-/m0/s1. The fourth-order valence-electron chi connectivity index (χ4n) is 2.51. The minimum Gasteiger partial charge on any atom is -0.320 e. The minimum atomic E-state index is -0.367. The summed E-state index contributed by atoms with van der Waals surface area (Å²) in [6, 6.07) is 7.95. The molecule has 0 radical (unpaired) electrons. The third-order valence-corrected chi connectivity index (χ3v) is 3.36. The lowest BCUT2D eigenvalue weighted by atomic mass is 10.1. The lowest BCUT2D eigenvalue weighted by molar-refractivity contribution is -0.120. The van der Waals surface area contributed by atoms with E-state index >= 15 is 0 Å². The number of nitrogens with two attached hydrogens (primary N) is 1. The Balaban J connectivity index is 2.24. The molecule has 1 unspecified atom stereocenters. The molecule has 1 aliphatic rings. The molecule has 0 fully saturated rings. The van der Waals surface area contributed by atoms with E-state index in [4.69, 9.17) is 5.73 Å². The number of amides is 1. The highest BCUT2D eigenvalue weighted by atomic mass is 16.2. The molecule has 17 heavy (non-hydrogen) atoms. The molecule has 3 heteroatoms. The summed E-state index contributed by atoms with van der Waals surface area (Å²) < 4.78 is 0. The second-order valence-corrected chi connectivity index (χ2v) is 4.79. The van der Waals surface area contributed by atoms with Crippen LogP contribution in [0.1, 0.15) is 32.3 Å². The van der Waals surface area contributed by atoms with Gasteiger partial charge in [-0.3, -0.25) is 4.79 Å². The number of para-hydroxylation sites is 1. The molecular weight excluding hydrogens is 212 g/mol. The van der Waals surface area contributed by atoms with Crippen molar-refractivity contribution in [2.45, 2.75) is 45.2 Å². The molecule has 1 aliphatic heterocycles. The monoisotopic (exact) mass is 232 g/mol. The summed E-state index contributed by atoms with van der Waals surface area (Å²) in [6.45, 7) is 4.13. The molecule has 1 amide bonds. The predicted molar refractivity (Wildman–Crippen MR) is 70.0 cm³/mol. The Morgan fingerprint density at radius 3 is 2.94 bits per heavy atom. The maximum Gasteiger partial charge on any atom is 0.244 e. The summed E-state index contributed by atoms with van der Waals surface area (Å²) in [5.74, 6) is 0.0595. The summed E-state index contributed by atoms with van der Waals surface area (Å²) >= 11 is 0. The quantitative estimate of drug-likeness (QED) is 0.867. The molecule has 2 rings (SSSR count). The Bertz CT molecular complexity index is 416. The summed E-state index contributed by atoms with van der Waals surface area (Å²) in [5.41, 5.74) is 8.22. The number of fused-ring (bicyclic) bond motifs is 1. The molecule has 0 aliphatic carbocycles. The van der Waals surface area contributed by atoms with E-state index < -0.39 is 0 Å². The van der Waals surface area contributed by atoms with Crippen LogP contribution in [0.15, 0.2) is 24.3 Å². The smallest absolute Gasteiger partial charge is 0.244 e. The Morgan fingerprint density at radius 2 is 2.24 bits per heavy atom. The molecule has 0 saturated heterocycles. The van der Waals surface area contributed by atoms with Crippen LogP contribution in [-0.2, 0) is 11.2 Å². The van der Waals surface area contributed by atoms with E-state index in [2.05, 4.69) is 19.9 Å². The van der Waals surface area contributed by atoms with Crippen molar-refractivity contribution < 1.29 is 4.79 Å². The van der Waals surface area contributed by atoms with Gasteiger partial charge in [0.15, 0.2) is 0 Å². The van der Waals surface area contributed by atoms with Gasteiger partial charge in [0.2, 0.25) is 5.91 Å². The van der Waals surface area contributed by atoms with Crippen molar-refractivity contribution in [2.75, 3.05) is 4.90 Å². The Labute approximate surface area is 103 Å². The highest BCUT2D eigenvalue weighted by Gasteiger charge is 2.32. The van der Waals surface area contributed by atoms with Crippen LogP contribution < -0.4 is 10.6 Å². The number of carbonyl (C=O) groups is 1. The van der Waals surface area contributed by atoms with Gasteiger partial charge in [0.25, 0.3) is 0 Å². The lowest BCUT2D eigenvalue weighted by Gasteiger charge is -2.25. The van der Waals surface area contributed by atoms with E-state index in [1.165, 1.54) is 5.56 Å². The van der Waals surface area contributed by atoms with Crippen LogP contribution >= 0.6 is 0 Å². The maximum absolute atomic E-state index is 12.3. The van der Waals surface area contributed by atoms with Crippen LogP contribution in [0.25, 0.3) is 0 Å². The van der Waals surface area contributed by atoms with Gasteiger partial charge in [-0.1, -0.05) is 31.5 Å². The van der Waals surface area contributed by atoms with Gasteiger partial charge in [-0.2, -0.15) is 0 Å². The lowest BCUT2D eigenvalue weighted by Crippen LogP contribution is -2.46. The van der Waals surface area contributed by atoms with Gasteiger partial charge in [0, 0.05) is 11.7 Å². The SMILES string of the molecule is CCC[C@H](N)C(=O)N1c2ccccc2CC1C. The normalized spacial score (nSPS) is 20.2. The van der Waals surface area contributed by atoms with Crippen molar-refractivity contribution >= 4 is 11.6 Å². The molecule has 3 nitrogen and oxygen atoms in total. The average Bonchev–Trinajstić information content (AvgIpc) is 2.64. The fourth-order valence-corrected chi connectivity index (χ4v) is 2.51. The van der Waals surface area contributed by atoms with Crippen LogP contribution in [-0.4, -0.2) is 18.0 Å². The van der Waals surface area contributed by atoms with Crippen molar-refractivity contribution in [3.05, 3.63) is 29.8 Å². The van der Waals surface area contributed by atoms with Gasteiger partial charge in [0.1, 0.15) is 0 Å². The van der Waals surface area contributed by atoms with Crippen molar-refractivity contribution in [3.63, 3.8) is 0 Å². The number of anilines is 1.